The molecule has 7 nitrogen and oxygen atoms in total. The topological polar surface area (TPSA) is 75.4 Å². The predicted octanol–water partition coefficient (Wildman–Crippen LogP) is 2.53. The molecule has 0 aliphatic heterocycles. The maximum atomic E-state index is 12.5. The van der Waals surface area contributed by atoms with Crippen molar-refractivity contribution >= 4 is 17.2 Å². The van der Waals surface area contributed by atoms with Gasteiger partial charge in [0.1, 0.15) is 5.56 Å². The first kappa shape index (κ1) is 17.0. The van der Waals surface area contributed by atoms with E-state index in [0.29, 0.717) is 16.9 Å². The summed E-state index contributed by atoms with van der Waals surface area (Å²) in [7, 11) is 0. The van der Waals surface area contributed by atoms with E-state index in [0.717, 1.165) is 30.9 Å². The summed E-state index contributed by atoms with van der Waals surface area (Å²) in [5.41, 5.74) is 3.59. The Morgan fingerprint density at radius 1 is 1.16 bits per heavy atom. The minimum absolute atomic E-state index is 0.246. The average Bonchev–Trinajstić information content (AvgIpc) is 3.05. The van der Waals surface area contributed by atoms with Gasteiger partial charge in [-0.15, -0.1) is 0 Å². The van der Waals surface area contributed by atoms with E-state index >= 15 is 0 Å². The molecular formula is C18H22N6O. The van der Waals surface area contributed by atoms with Crippen LogP contribution in [0, 0.1) is 6.92 Å². The molecule has 25 heavy (non-hydrogen) atoms. The molecule has 3 aromatic rings. The SMILES string of the molecule is CCN(CC)Cc1cnc2c(C(=O)Nc3ccc(C)nc3)cnn2c1. The van der Waals surface area contributed by atoms with E-state index in [2.05, 4.69) is 39.1 Å². The largest absolute Gasteiger partial charge is 0.320 e. The Morgan fingerprint density at radius 2 is 1.96 bits per heavy atom. The third-order valence-electron chi connectivity index (χ3n) is 4.12. The first-order chi connectivity index (χ1) is 12.1. The van der Waals surface area contributed by atoms with Crippen LogP contribution in [0.15, 0.2) is 36.9 Å². The number of amides is 1. The molecule has 0 aliphatic carbocycles. The number of nitrogens with zero attached hydrogens (tertiary/aromatic N) is 5. The number of fused-ring (bicyclic) bond motifs is 1. The van der Waals surface area contributed by atoms with Crippen molar-refractivity contribution in [3.8, 4) is 0 Å². The summed E-state index contributed by atoms with van der Waals surface area (Å²) in [5, 5.41) is 7.10. The molecule has 1 N–H and O–H groups in total. The van der Waals surface area contributed by atoms with Crippen molar-refractivity contribution in [1.82, 2.24) is 24.5 Å². The van der Waals surface area contributed by atoms with E-state index in [4.69, 9.17) is 0 Å². The number of carbonyl (C=O) groups excluding carboxylic acids is 1. The molecule has 0 bridgehead atoms. The van der Waals surface area contributed by atoms with Crippen LogP contribution in [-0.4, -0.2) is 43.5 Å². The number of pyridine rings is 1. The van der Waals surface area contributed by atoms with Gasteiger partial charge in [-0.25, -0.2) is 9.50 Å². The minimum Gasteiger partial charge on any atom is -0.320 e. The maximum absolute atomic E-state index is 12.5. The number of carbonyl (C=O) groups is 1. The molecule has 1 amide bonds. The second-order valence-corrected chi connectivity index (χ2v) is 5.89. The fourth-order valence-electron chi connectivity index (χ4n) is 2.60. The zero-order valence-electron chi connectivity index (χ0n) is 14.7. The Kier molecular flexibility index (Phi) is 5.04. The number of rotatable bonds is 6. The van der Waals surface area contributed by atoms with Gasteiger partial charge in [0, 0.05) is 30.2 Å². The van der Waals surface area contributed by atoms with Crippen molar-refractivity contribution in [3.05, 3.63) is 53.7 Å². The molecule has 3 aromatic heterocycles. The van der Waals surface area contributed by atoms with E-state index in [1.54, 1.807) is 23.1 Å². The fraction of sp³-hybridized carbons (Fsp3) is 0.333. The highest BCUT2D eigenvalue weighted by molar-refractivity contribution is 6.08. The highest BCUT2D eigenvalue weighted by Gasteiger charge is 2.15. The van der Waals surface area contributed by atoms with Crippen molar-refractivity contribution in [2.75, 3.05) is 18.4 Å². The molecule has 0 atom stereocenters. The summed E-state index contributed by atoms with van der Waals surface area (Å²) in [4.78, 5) is 23.4. The Labute approximate surface area is 146 Å². The Morgan fingerprint density at radius 3 is 2.64 bits per heavy atom. The van der Waals surface area contributed by atoms with Gasteiger partial charge in [0.2, 0.25) is 0 Å². The fourth-order valence-corrected chi connectivity index (χ4v) is 2.60. The number of hydrogen-bond acceptors (Lipinski definition) is 5. The summed E-state index contributed by atoms with van der Waals surface area (Å²) >= 11 is 0. The third-order valence-corrected chi connectivity index (χ3v) is 4.12. The van der Waals surface area contributed by atoms with Gasteiger partial charge in [-0.1, -0.05) is 13.8 Å². The third kappa shape index (κ3) is 3.83. The molecule has 3 heterocycles. The molecule has 0 aromatic carbocycles. The van der Waals surface area contributed by atoms with Gasteiger partial charge < -0.3 is 5.32 Å². The van der Waals surface area contributed by atoms with Crippen LogP contribution in [0.25, 0.3) is 5.65 Å². The summed E-state index contributed by atoms with van der Waals surface area (Å²) in [6.07, 6.45) is 6.90. The van der Waals surface area contributed by atoms with Crippen molar-refractivity contribution in [3.63, 3.8) is 0 Å². The standard InChI is InChI=1S/C18H22N6O/c1-4-23(5-2)11-14-8-20-17-16(10-21-24(17)12-14)18(25)22-15-7-6-13(3)19-9-15/h6-10,12H,4-5,11H2,1-3H3,(H,22,25). The summed E-state index contributed by atoms with van der Waals surface area (Å²) < 4.78 is 1.65. The molecule has 3 rings (SSSR count). The van der Waals surface area contributed by atoms with Crippen molar-refractivity contribution < 1.29 is 4.79 Å². The van der Waals surface area contributed by atoms with Gasteiger partial charge in [-0.3, -0.25) is 14.7 Å². The quantitative estimate of drug-likeness (QED) is 0.747. The minimum atomic E-state index is -0.246. The van der Waals surface area contributed by atoms with Gasteiger partial charge >= 0.3 is 0 Å². The van der Waals surface area contributed by atoms with E-state index in [1.807, 2.05) is 25.3 Å². The van der Waals surface area contributed by atoms with Crippen molar-refractivity contribution in [2.24, 2.45) is 0 Å². The van der Waals surface area contributed by atoms with E-state index in [1.165, 1.54) is 0 Å². The molecule has 0 fully saturated rings. The van der Waals surface area contributed by atoms with Gasteiger partial charge in [0.05, 0.1) is 18.1 Å². The second-order valence-electron chi connectivity index (χ2n) is 5.89. The zero-order chi connectivity index (χ0) is 17.8. The Balaban J connectivity index is 1.80. The van der Waals surface area contributed by atoms with Crippen LogP contribution in [0.2, 0.25) is 0 Å². The molecule has 0 saturated heterocycles. The van der Waals surface area contributed by atoms with E-state index in [9.17, 15) is 4.79 Å². The lowest BCUT2D eigenvalue weighted by Crippen LogP contribution is -2.22. The second kappa shape index (κ2) is 7.40. The summed E-state index contributed by atoms with van der Waals surface area (Å²) in [6, 6.07) is 3.67. The van der Waals surface area contributed by atoms with Crippen LogP contribution in [0.3, 0.4) is 0 Å². The number of anilines is 1. The Bertz CT molecular complexity index is 867. The van der Waals surface area contributed by atoms with Crippen LogP contribution in [0.5, 0.6) is 0 Å². The van der Waals surface area contributed by atoms with Crippen molar-refractivity contribution in [2.45, 2.75) is 27.3 Å². The lowest BCUT2D eigenvalue weighted by molar-refractivity contribution is 0.102. The zero-order valence-corrected chi connectivity index (χ0v) is 14.7. The van der Waals surface area contributed by atoms with Crippen LogP contribution in [-0.2, 0) is 6.54 Å². The number of hydrogen-bond donors (Lipinski definition) is 1. The molecule has 0 saturated carbocycles. The first-order valence-electron chi connectivity index (χ1n) is 8.39. The van der Waals surface area contributed by atoms with Crippen molar-refractivity contribution in [1.29, 1.82) is 0 Å². The van der Waals surface area contributed by atoms with Crippen LogP contribution < -0.4 is 5.32 Å². The monoisotopic (exact) mass is 338 g/mol. The number of aryl methyl sites for hydroxylation is 1. The predicted molar refractivity (Wildman–Crippen MR) is 96.5 cm³/mol. The van der Waals surface area contributed by atoms with E-state index in [-0.39, 0.29) is 5.91 Å². The smallest absolute Gasteiger partial charge is 0.261 e. The average molecular weight is 338 g/mol. The van der Waals surface area contributed by atoms with Crippen LogP contribution >= 0.6 is 0 Å². The highest BCUT2D eigenvalue weighted by Crippen LogP contribution is 2.13. The lowest BCUT2D eigenvalue weighted by atomic mass is 10.2. The molecule has 0 unspecified atom stereocenters. The molecule has 0 spiro atoms. The summed E-state index contributed by atoms with van der Waals surface area (Å²) in [5.74, 6) is -0.246. The maximum Gasteiger partial charge on any atom is 0.261 e. The van der Waals surface area contributed by atoms with Gasteiger partial charge in [0.15, 0.2) is 5.65 Å². The molecule has 0 radical (unpaired) electrons. The first-order valence-corrected chi connectivity index (χ1v) is 8.39. The van der Waals surface area contributed by atoms with Crippen LogP contribution in [0.1, 0.15) is 35.5 Å². The molecule has 7 heteroatoms. The highest BCUT2D eigenvalue weighted by atomic mass is 16.1. The normalized spacial score (nSPS) is 11.2. The van der Waals surface area contributed by atoms with Crippen LogP contribution in [0.4, 0.5) is 5.69 Å². The number of nitrogens with one attached hydrogen (secondary N) is 1. The van der Waals surface area contributed by atoms with Gasteiger partial charge in [-0.05, 0) is 32.1 Å². The Hall–Kier alpha value is -2.80. The molecule has 0 aliphatic rings. The van der Waals surface area contributed by atoms with E-state index < -0.39 is 0 Å². The lowest BCUT2D eigenvalue weighted by Gasteiger charge is -2.17. The van der Waals surface area contributed by atoms with Gasteiger partial charge in [-0.2, -0.15) is 5.10 Å². The van der Waals surface area contributed by atoms with Gasteiger partial charge in [0.25, 0.3) is 5.91 Å². The molecule has 130 valence electrons. The molecular weight excluding hydrogens is 316 g/mol. The summed E-state index contributed by atoms with van der Waals surface area (Å²) in [6.45, 7) is 8.93. The number of aromatic nitrogens is 4.